The van der Waals surface area contributed by atoms with Gasteiger partial charge in [-0.1, -0.05) is 27.7 Å². The molecule has 0 aliphatic carbocycles. The largest absolute Gasteiger partial charge is 0.502 e. The Hall–Kier alpha value is -2.20. The molecule has 0 amide bonds. The molecule has 2 rings (SSSR count). The highest BCUT2D eigenvalue weighted by atomic mass is 32.2. The molecule has 2 unspecified atom stereocenters. The molecule has 0 spiro atoms. The van der Waals surface area contributed by atoms with E-state index in [4.69, 9.17) is 8.83 Å². The predicted molar refractivity (Wildman–Crippen MR) is 147 cm³/mol. The molecular weight excluding hydrogens is 516 g/mol. The fourth-order valence-corrected chi connectivity index (χ4v) is 6.82. The van der Waals surface area contributed by atoms with Crippen LogP contribution in [0.2, 0.25) is 0 Å². The third-order valence-corrected chi connectivity index (χ3v) is 9.34. The van der Waals surface area contributed by atoms with E-state index in [-0.39, 0.29) is 10.8 Å². The van der Waals surface area contributed by atoms with E-state index in [0.29, 0.717) is 53.4 Å². The molecule has 0 bridgehead atoms. The molecule has 2 N–H and O–H groups in total. The molecule has 0 radical (unpaired) electrons. The van der Waals surface area contributed by atoms with Gasteiger partial charge in [0.1, 0.15) is 12.5 Å². The lowest BCUT2D eigenvalue weighted by Crippen LogP contribution is -2.21. The third-order valence-electron chi connectivity index (χ3n) is 6.36. The van der Waals surface area contributed by atoms with Gasteiger partial charge in [-0.3, -0.25) is 18.0 Å². The summed E-state index contributed by atoms with van der Waals surface area (Å²) in [4.78, 5) is 24.0. The third kappa shape index (κ3) is 11.0. The van der Waals surface area contributed by atoms with Gasteiger partial charge in [0.15, 0.2) is 11.5 Å². The van der Waals surface area contributed by atoms with Gasteiger partial charge in [0, 0.05) is 55.7 Å². The van der Waals surface area contributed by atoms with E-state index in [0.717, 1.165) is 38.2 Å². The number of aromatic hydroxyl groups is 2. The molecule has 8 nitrogen and oxygen atoms in total. The zero-order chi connectivity index (χ0) is 27.6. The van der Waals surface area contributed by atoms with Gasteiger partial charge in [0.25, 0.3) is 0 Å². The van der Waals surface area contributed by atoms with Crippen molar-refractivity contribution in [3.63, 3.8) is 0 Å². The fourth-order valence-electron chi connectivity index (χ4n) is 4.36. The van der Waals surface area contributed by atoms with Crippen molar-refractivity contribution in [2.75, 3.05) is 23.0 Å². The predicted octanol–water partition coefficient (Wildman–Crippen LogP) is 4.29. The zero-order valence-corrected chi connectivity index (χ0v) is 23.9. The maximum absolute atomic E-state index is 12.4. The summed E-state index contributed by atoms with van der Waals surface area (Å²) < 4.78 is 34.8. The lowest BCUT2D eigenvalue weighted by Gasteiger charge is -2.24. The molecule has 0 aromatic carbocycles. The van der Waals surface area contributed by atoms with Crippen LogP contribution in [0.3, 0.4) is 0 Å². The Morgan fingerprint density at radius 2 is 1.00 bits per heavy atom. The normalized spacial score (nSPS) is 13.9. The quantitative estimate of drug-likeness (QED) is 0.313. The molecule has 2 heterocycles. The highest BCUT2D eigenvalue weighted by Gasteiger charge is 2.23. The Morgan fingerprint density at radius 1 is 0.649 bits per heavy atom. The second-order valence-electron chi connectivity index (χ2n) is 11.2. The van der Waals surface area contributed by atoms with Crippen molar-refractivity contribution >= 4 is 21.6 Å². The first kappa shape index (κ1) is 31.0. The molecule has 0 fully saturated rings. The van der Waals surface area contributed by atoms with Crippen LogP contribution in [0.1, 0.15) is 70.9 Å². The standard InChI is InChI=1S/C27H40O8S2/c1-26(2,14-20-16-34-18-22(28)24(20)30)8-5-10-36(32)12-7-13-37(33)11-6-9-27(3,4)15-21-17-35-19-23(29)25(21)31/h16-19,28-29H,5-15H2,1-4H3. The average Bonchev–Trinajstić information content (AvgIpc) is 2.79. The summed E-state index contributed by atoms with van der Waals surface area (Å²) >= 11 is 0. The van der Waals surface area contributed by atoms with Crippen molar-refractivity contribution in [2.45, 2.75) is 72.6 Å². The summed E-state index contributed by atoms with van der Waals surface area (Å²) in [6.45, 7) is 8.12. The van der Waals surface area contributed by atoms with E-state index < -0.39 is 44.0 Å². The van der Waals surface area contributed by atoms with Crippen LogP contribution >= 0.6 is 0 Å². The molecule has 0 saturated heterocycles. The summed E-state index contributed by atoms with van der Waals surface area (Å²) in [5.41, 5.74) is -0.365. The Kier molecular flexibility index (Phi) is 11.8. The van der Waals surface area contributed by atoms with Crippen LogP contribution in [0.5, 0.6) is 11.5 Å². The van der Waals surface area contributed by atoms with E-state index in [9.17, 15) is 28.2 Å². The van der Waals surface area contributed by atoms with E-state index in [1.165, 1.54) is 12.5 Å². The molecular formula is C27H40O8S2. The van der Waals surface area contributed by atoms with Gasteiger partial charge in [-0.15, -0.1) is 0 Å². The van der Waals surface area contributed by atoms with Crippen molar-refractivity contribution in [1.82, 2.24) is 0 Å². The van der Waals surface area contributed by atoms with Gasteiger partial charge in [-0.25, -0.2) is 0 Å². The number of rotatable bonds is 16. The fraction of sp³-hybridized carbons (Fsp3) is 0.630. The molecule has 2 aromatic heterocycles. The molecule has 0 aliphatic heterocycles. The van der Waals surface area contributed by atoms with Gasteiger partial charge in [0.05, 0.1) is 12.5 Å². The Balaban J connectivity index is 1.63. The highest BCUT2D eigenvalue weighted by Crippen LogP contribution is 2.28. The Bertz CT molecular complexity index is 1090. The van der Waals surface area contributed by atoms with Gasteiger partial charge >= 0.3 is 0 Å². The van der Waals surface area contributed by atoms with Crippen LogP contribution in [-0.4, -0.2) is 41.6 Å². The Labute approximate surface area is 223 Å². The number of hydrogen-bond donors (Lipinski definition) is 2. The van der Waals surface area contributed by atoms with Crippen molar-refractivity contribution in [3.05, 3.63) is 56.6 Å². The second-order valence-corrected chi connectivity index (χ2v) is 14.6. The van der Waals surface area contributed by atoms with Crippen molar-refractivity contribution in [2.24, 2.45) is 10.8 Å². The summed E-state index contributed by atoms with van der Waals surface area (Å²) in [6.07, 6.45) is 9.42. The van der Waals surface area contributed by atoms with Gasteiger partial charge in [-0.2, -0.15) is 0 Å². The highest BCUT2D eigenvalue weighted by molar-refractivity contribution is 7.85. The van der Waals surface area contributed by atoms with Crippen LogP contribution in [0, 0.1) is 10.8 Å². The summed E-state index contributed by atoms with van der Waals surface area (Å²) in [6, 6.07) is 0. The lowest BCUT2D eigenvalue weighted by molar-refractivity contribution is 0.322. The smallest absolute Gasteiger partial charge is 0.229 e. The zero-order valence-electron chi connectivity index (χ0n) is 22.2. The lowest BCUT2D eigenvalue weighted by atomic mass is 9.82. The summed E-state index contributed by atoms with van der Waals surface area (Å²) in [5, 5.41) is 19.1. The minimum absolute atomic E-state index is 0.202. The minimum Gasteiger partial charge on any atom is -0.502 e. The average molecular weight is 557 g/mol. The summed E-state index contributed by atoms with van der Waals surface area (Å²) in [5.74, 6) is 1.36. The maximum Gasteiger partial charge on any atom is 0.229 e. The van der Waals surface area contributed by atoms with Crippen molar-refractivity contribution in [3.8, 4) is 11.5 Å². The maximum atomic E-state index is 12.4. The van der Waals surface area contributed by atoms with Crippen LogP contribution in [-0.2, 0) is 34.4 Å². The topological polar surface area (TPSA) is 135 Å². The van der Waals surface area contributed by atoms with Crippen LogP contribution in [0.15, 0.2) is 43.5 Å². The van der Waals surface area contributed by atoms with E-state index in [1.54, 1.807) is 0 Å². The molecule has 37 heavy (non-hydrogen) atoms. The second kappa shape index (κ2) is 14.1. The van der Waals surface area contributed by atoms with Crippen LogP contribution in [0.25, 0.3) is 0 Å². The minimum atomic E-state index is -0.986. The first-order valence-corrected chi connectivity index (χ1v) is 15.5. The van der Waals surface area contributed by atoms with E-state index in [2.05, 4.69) is 0 Å². The molecule has 208 valence electrons. The first-order valence-electron chi connectivity index (χ1n) is 12.6. The van der Waals surface area contributed by atoms with Crippen molar-refractivity contribution in [1.29, 1.82) is 0 Å². The van der Waals surface area contributed by atoms with Crippen LogP contribution < -0.4 is 10.9 Å². The molecule has 10 heteroatoms. The van der Waals surface area contributed by atoms with Gasteiger partial charge in [-0.05, 0) is 55.8 Å². The van der Waals surface area contributed by atoms with E-state index in [1.807, 2.05) is 27.7 Å². The Morgan fingerprint density at radius 3 is 1.38 bits per heavy atom. The van der Waals surface area contributed by atoms with E-state index >= 15 is 0 Å². The first-order chi connectivity index (χ1) is 17.3. The van der Waals surface area contributed by atoms with Gasteiger partial charge in [0.2, 0.25) is 10.9 Å². The summed E-state index contributed by atoms with van der Waals surface area (Å²) in [7, 11) is -1.97. The molecule has 2 aromatic rings. The molecule has 0 saturated carbocycles. The van der Waals surface area contributed by atoms with Gasteiger partial charge < -0.3 is 19.0 Å². The monoisotopic (exact) mass is 556 g/mol. The van der Waals surface area contributed by atoms with Crippen LogP contribution in [0.4, 0.5) is 0 Å². The van der Waals surface area contributed by atoms with Crippen molar-refractivity contribution < 1.29 is 27.5 Å². The molecule has 0 aliphatic rings. The number of hydrogen-bond acceptors (Lipinski definition) is 8. The SMILES string of the molecule is CC(C)(CCCS(=O)CCCS(=O)CCCC(C)(C)Cc1cocc(O)c1=O)Cc1cocc(O)c1=O. The molecule has 2 atom stereocenters.